The van der Waals surface area contributed by atoms with Crippen LogP contribution in [-0.4, -0.2) is 72.6 Å². The topological polar surface area (TPSA) is 86.8 Å². The Kier molecular flexibility index (Phi) is 7.94. The van der Waals surface area contributed by atoms with Crippen LogP contribution in [0.3, 0.4) is 0 Å². The predicted molar refractivity (Wildman–Crippen MR) is 95.9 cm³/mol. The van der Waals surface area contributed by atoms with Crippen LogP contribution in [0.15, 0.2) is 23.1 Å². The second-order valence-corrected chi connectivity index (χ2v) is 9.88. The van der Waals surface area contributed by atoms with E-state index in [1.165, 1.54) is 23.4 Å². The number of sulfonamides is 2. The molecule has 0 amide bonds. The molecule has 0 saturated heterocycles. The summed E-state index contributed by atoms with van der Waals surface area (Å²) in [6.07, 6.45) is 1.74. The molecule has 0 heterocycles. The first-order chi connectivity index (χ1) is 11.4. The van der Waals surface area contributed by atoms with E-state index >= 15 is 0 Å². The van der Waals surface area contributed by atoms with Crippen LogP contribution in [0.4, 0.5) is 4.39 Å². The van der Waals surface area contributed by atoms with Crippen LogP contribution in [0.2, 0.25) is 0 Å². The van der Waals surface area contributed by atoms with Gasteiger partial charge in [0.2, 0.25) is 20.0 Å². The fraction of sp³-hybridized carbons (Fsp3) is 0.600. The van der Waals surface area contributed by atoms with Crippen molar-refractivity contribution >= 4 is 20.0 Å². The summed E-state index contributed by atoms with van der Waals surface area (Å²) in [5, 5.41) is 0. The second-order valence-electron chi connectivity index (χ2n) is 6.13. The molecular formula is C15H26FN3O4S2. The van der Waals surface area contributed by atoms with Gasteiger partial charge in [0.05, 0.1) is 11.2 Å². The highest BCUT2D eigenvalue weighted by molar-refractivity contribution is 7.89. The number of hydrogen-bond donors (Lipinski definition) is 1. The second kappa shape index (κ2) is 9.04. The van der Waals surface area contributed by atoms with Gasteiger partial charge >= 0.3 is 0 Å². The molecule has 0 aliphatic carbocycles. The minimum Gasteiger partial charge on any atom is -0.309 e. The van der Waals surface area contributed by atoms with Crippen molar-refractivity contribution in [2.45, 2.75) is 18.2 Å². The molecule has 1 aromatic rings. The SMILES string of the molecule is Cc1cc(S(=O)(=O)NCCN(CCCN(C)C)S(C)(=O)=O)ccc1F. The maximum absolute atomic E-state index is 13.3. The minimum atomic E-state index is -3.82. The van der Waals surface area contributed by atoms with E-state index in [-0.39, 0.29) is 23.5 Å². The van der Waals surface area contributed by atoms with Crippen molar-refractivity contribution in [3.05, 3.63) is 29.6 Å². The largest absolute Gasteiger partial charge is 0.309 e. The van der Waals surface area contributed by atoms with Gasteiger partial charge in [-0.2, -0.15) is 0 Å². The van der Waals surface area contributed by atoms with E-state index in [1.807, 2.05) is 19.0 Å². The summed E-state index contributed by atoms with van der Waals surface area (Å²) in [5.74, 6) is -0.483. The summed E-state index contributed by atoms with van der Waals surface area (Å²) < 4.78 is 64.9. The molecule has 10 heteroatoms. The summed E-state index contributed by atoms with van der Waals surface area (Å²) in [6.45, 7) is 2.49. The lowest BCUT2D eigenvalue weighted by Gasteiger charge is -2.21. The average Bonchev–Trinajstić information content (AvgIpc) is 2.46. The number of halogens is 1. The molecule has 0 radical (unpaired) electrons. The molecule has 0 saturated carbocycles. The Labute approximate surface area is 149 Å². The molecule has 0 fully saturated rings. The molecule has 0 aliphatic rings. The van der Waals surface area contributed by atoms with Gasteiger partial charge < -0.3 is 4.90 Å². The smallest absolute Gasteiger partial charge is 0.240 e. The fourth-order valence-electron chi connectivity index (χ4n) is 2.18. The molecular weight excluding hydrogens is 369 g/mol. The zero-order chi connectivity index (χ0) is 19.3. The van der Waals surface area contributed by atoms with E-state index in [9.17, 15) is 21.2 Å². The number of nitrogens with zero attached hydrogens (tertiary/aromatic N) is 2. The van der Waals surface area contributed by atoms with E-state index in [2.05, 4.69) is 4.72 Å². The molecule has 0 unspecified atom stereocenters. The van der Waals surface area contributed by atoms with Gasteiger partial charge in [0, 0.05) is 19.6 Å². The standard InChI is InChI=1S/C15H26FN3O4S2/c1-13-12-14(6-7-15(13)16)25(22,23)17-8-11-19(24(4,20)21)10-5-9-18(2)3/h6-7,12,17H,5,8-11H2,1-4H3. The molecule has 0 atom stereocenters. The quantitative estimate of drug-likeness (QED) is 0.628. The molecule has 25 heavy (non-hydrogen) atoms. The molecule has 1 rings (SSSR count). The molecule has 0 spiro atoms. The van der Waals surface area contributed by atoms with Gasteiger partial charge in [-0.15, -0.1) is 0 Å². The van der Waals surface area contributed by atoms with Crippen LogP contribution in [-0.2, 0) is 20.0 Å². The third-order valence-electron chi connectivity index (χ3n) is 3.57. The maximum Gasteiger partial charge on any atom is 0.240 e. The Hall–Kier alpha value is -1.07. The Balaban J connectivity index is 2.68. The highest BCUT2D eigenvalue weighted by atomic mass is 32.2. The Morgan fingerprint density at radius 2 is 1.72 bits per heavy atom. The lowest BCUT2D eigenvalue weighted by Crippen LogP contribution is -2.39. The average molecular weight is 396 g/mol. The van der Waals surface area contributed by atoms with Gasteiger partial charge in [-0.1, -0.05) is 0 Å². The van der Waals surface area contributed by atoms with Gasteiger partial charge in [0.15, 0.2) is 0 Å². The van der Waals surface area contributed by atoms with Gasteiger partial charge in [-0.3, -0.25) is 0 Å². The number of benzene rings is 1. The first kappa shape index (κ1) is 22.0. The molecule has 1 aromatic carbocycles. The van der Waals surface area contributed by atoms with Crippen molar-refractivity contribution in [2.75, 3.05) is 46.5 Å². The van der Waals surface area contributed by atoms with E-state index < -0.39 is 25.9 Å². The number of hydrogen-bond acceptors (Lipinski definition) is 5. The van der Waals surface area contributed by atoms with Crippen molar-refractivity contribution in [1.82, 2.24) is 13.9 Å². The molecule has 0 aliphatic heterocycles. The van der Waals surface area contributed by atoms with Crippen molar-refractivity contribution in [3.8, 4) is 0 Å². The Morgan fingerprint density at radius 1 is 1.08 bits per heavy atom. The minimum absolute atomic E-state index is 0.0334. The van der Waals surface area contributed by atoms with Crippen LogP contribution >= 0.6 is 0 Å². The number of aryl methyl sites for hydroxylation is 1. The maximum atomic E-state index is 13.3. The molecule has 144 valence electrons. The number of nitrogens with one attached hydrogen (secondary N) is 1. The molecule has 1 N–H and O–H groups in total. The van der Waals surface area contributed by atoms with Gasteiger partial charge in [0.25, 0.3) is 0 Å². The highest BCUT2D eigenvalue weighted by Gasteiger charge is 2.19. The summed E-state index contributed by atoms with van der Waals surface area (Å²) in [5.41, 5.74) is 0.226. The van der Waals surface area contributed by atoms with E-state index in [4.69, 9.17) is 0 Å². The summed E-state index contributed by atoms with van der Waals surface area (Å²) in [4.78, 5) is 1.89. The van der Waals surface area contributed by atoms with Crippen LogP contribution < -0.4 is 4.72 Å². The van der Waals surface area contributed by atoms with Gasteiger partial charge in [-0.05, 0) is 57.7 Å². The lowest BCUT2D eigenvalue weighted by molar-refractivity contribution is 0.352. The first-order valence-electron chi connectivity index (χ1n) is 7.79. The summed E-state index contributed by atoms with van der Waals surface area (Å²) in [7, 11) is -3.46. The summed E-state index contributed by atoms with van der Waals surface area (Å²) in [6, 6.07) is 3.51. The normalized spacial score (nSPS) is 12.9. The van der Waals surface area contributed by atoms with Crippen molar-refractivity contribution in [2.24, 2.45) is 0 Å². The number of rotatable bonds is 10. The van der Waals surface area contributed by atoms with E-state index in [0.29, 0.717) is 13.0 Å². The van der Waals surface area contributed by atoms with Crippen LogP contribution in [0.5, 0.6) is 0 Å². The Bertz CT molecular complexity index is 780. The molecule has 0 aromatic heterocycles. The van der Waals surface area contributed by atoms with Crippen molar-refractivity contribution in [3.63, 3.8) is 0 Å². The summed E-state index contributed by atoms with van der Waals surface area (Å²) >= 11 is 0. The van der Waals surface area contributed by atoms with Crippen molar-refractivity contribution < 1.29 is 21.2 Å². The fourth-order valence-corrected chi connectivity index (χ4v) is 4.17. The van der Waals surface area contributed by atoms with Gasteiger partial charge in [-0.25, -0.2) is 30.3 Å². The predicted octanol–water partition coefficient (Wildman–Crippen LogP) is 0.626. The first-order valence-corrected chi connectivity index (χ1v) is 11.1. The van der Waals surface area contributed by atoms with Crippen LogP contribution in [0.25, 0.3) is 0 Å². The molecule has 7 nitrogen and oxygen atoms in total. The van der Waals surface area contributed by atoms with E-state index in [1.54, 1.807) is 0 Å². The van der Waals surface area contributed by atoms with Crippen LogP contribution in [0.1, 0.15) is 12.0 Å². The lowest BCUT2D eigenvalue weighted by atomic mass is 10.2. The third-order valence-corrected chi connectivity index (χ3v) is 6.34. The highest BCUT2D eigenvalue weighted by Crippen LogP contribution is 2.14. The Morgan fingerprint density at radius 3 is 2.24 bits per heavy atom. The van der Waals surface area contributed by atoms with Crippen molar-refractivity contribution in [1.29, 1.82) is 0 Å². The monoisotopic (exact) mass is 395 g/mol. The zero-order valence-corrected chi connectivity index (χ0v) is 16.6. The zero-order valence-electron chi connectivity index (χ0n) is 15.0. The van der Waals surface area contributed by atoms with Gasteiger partial charge in [0.1, 0.15) is 5.82 Å². The molecule has 0 bridgehead atoms. The third kappa shape index (κ3) is 7.37. The van der Waals surface area contributed by atoms with E-state index in [0.717, 1.165) is 18.9 Å². The van der Waals surface area contributed by atoms with Crippen LogP contribution in [0, 0.1) is 12.7 Å².